The number of primary amides is 1. The third-order valence-corrected chi connectivity index (χ3v) is 3.12. The predicted octanol–water partition coefficient (Wildman–Crippen LogP) is 0.827. The maximum absolute atomic E-state index is 11.8. The van der Waals surface area contributed by atoms with Crippen LogP contribution in [-0.4, -0.2) is 28.9 Å². The monoisotopic (exact) mass is 342 g/mol. The van der Waals surface area contributed by atoms with Crippen molar-refractivity contribution in [1.82, 2.24) is 5.32 Å². The summed E-state index contributed by atoms with van der Waals surface area (Å²) in [5.74, 6) is -2.20. The Morgan fingerprint density at radius 1 is 1.25 bits per heavy atom. The third-order valence-electron chi connectivity index (χ3n) is 2.59. The molecule has 20 heavy (non-hydrogen) atoms. The van der Waals surface area contributed by atoms with Gasteiger partial charge in [-0.3, -0.25) is 9.59 Å². The minimum Gasteiger partial charge on any atom is -0.480 e. The molecule has 0 spiro atoms. The Morgan fingerprint density at radius 3 is 2.35 bits per heavy atom. The first-order valence-electron chi connectivity index (χ1n) is 5.93. The smallest absolute Gasteiger partial charge is 0.326 e. The van der Waals surface area contributed by atoms with Gasteiger partial charge in [0.05, 0.1) is 6.42 Å². The van der Waals surface area contributed by atoms with E-state index in [0.717, 1.165) is 10.0 Å². The third kappa shape index (κ3) is 5.83. The van der Waals surface area contributed by atoms with Crippen LogP contribution in [-0.2, 0) is 20.8 Å². The van der Waals surface area contributed by atoms with Crippen LogP contribution < -0.4 is 11.1 Å². The highest BCUT2D eigenvalue weighted by molar-refractivity contribution is 9.10. The molecule has 1 aromatic carbocycles. The van der Waals surface area contributed by atoms with E-state index in [-0.39, 0.29) is 19.3 Å². The lowest BCUT2D eigenvalue weighted by molar-refractivity contribution is -0.142. The molecule has 0 saturated heterocycles. The van der Waals surface area contributed by atoms with Gasteiger partial charge < -0.3 is 16.2 Å². The van der Waals surface area contributed by atoms with E-state index in [4.69, 9.17) is 10.8 Å². The molecule has 6 nitrogen and oxygen atoms in total. The number of nitrogens with one attached hydrogen (secondary N) is 1. The largest absolute Gasteiger partial charge is 0.480 e. The molecule has 0 bridgehead atoms. The van der Waals surface area contributed by atoms with Gasteiger partial charge in [-0.25, -0.2) is 4.79 Å². The molecule has 1 aromatic rings. The van der Waals surface area contributed by atoms with Crippen molar-refractivity contribution >= 4 is 33.7 Å². The number of carbonyl (C=O) groups is 3. The SMILES string of the molecule is NC(=O)CC[C@@H](NC(=O)Cc1ccc(Br)cc1)C(=O)O. The Labute approximate surface area is 124 Å². The fourth-order valence-corrected chi connectivity index (χ4v) is 1.84. The van der Waals surface area contributed by atoms with Crippen LogP contribution in [0.15, 0.2) is 28.7 Å². The lowest BCUT2D eigenvalue weighted by atomic mass is 10.1. The second kappa shape index (κ2) is 7.64. The summed E-state index contributed by atoms with van der Waals surface area (Å²) in [5.41, 5.74) is 5.73. The number of halogens is 1. The van der Waals surface area contributed by atoms with Gasteiger partial charge in [0.1, 0.15) is 6.04 Å². The molecule has 108 valence electrons. The van der Waals surface area contributed by atoms with Gasteiger partial charge in [0.2, 0.25) is 11.8 Å². The van der Waals surface area contributed by atoms with Crippen LogP contribution >= 0.6 is 15.9 Å². The Balaban J connectivity index is 2.55. The average Bonchev–Trinajstić information content (AvgIpc) is 2.36. The summed E-state index contributed by atoms with van der Waals surface area (Å²) < 4.78 is 0.895. The minimum absolute atomic E-state index is 0.0171. The van der Waals surface area contributed by atoms with Gasteiger partial charge in [-0.05, 0) is 24.1 Å². The fraction of sp³-hybridized carbons (Fsp3) is 0.308. The number of hydrogen-bond acceptors (Lipinski definition) is 3. The van der Waals surface area contributed by atoms with Crippen LogP contribution in [0, 0.1) is 0 Å². The highest BCUT2D eigenvalue weighted by Crippen LogP contribution is 2.11. The number of nitrogens with two attached hydrogens (primary N) is 1. The van der Waals surface area contributed by atoms with Gasteiger partial charge in [0.25, 0.3) is 0 Å². The van der Waals surface area contributed by atoms with E-state index in [1.807, 2.05) is 0 Å². The van der Waals surface area contributed by atoms with E-state index in [1.54, 1.807) is 24.3 Å². The first-order chi connectivity index (χ1) is 9.38. The molecule has 1 atom stereocenters. The molecule has 2 amide bonds. The summed E-state index contributed by atoms with van der Waals surface area (Å²) in [7, 11) is 0. The van der Waals surface area contributed by atoms with Crippen LogP contribution in [0.1, 0.15) is 18.4 Å². The molecule has 4 N–H and O–H groups in total. The zero-order valence-electron chi connectivity index (χ0n) is 10.6. The van der Waals surface area contributed by atoms with Crippen LogP contribution in [0.5, 0.6) is 0 Å². The summed E-state index contributed by atoms with van der Waals surface area (Å²) in [6.07, 6.45) is -0.0279. The second-order valence-corrected chi connectivity index (χ2v) is 5.18. The Morgan fingerprint density at radius 2 is 1.85 bits per heavy atom. The van der Waals surface area contributed by atoms with E-state index in [9.17, 15) is 14.4 Å². The Bertz CT molecular complexity index is 502. The van der Waals surface area contributed by atoms with Crippen molar-refractivity contribution in [1.29, 1.82) is 0 Å². The topological polar surface area (TPSA) is 109 Å². The summed E-state index contributed by atoms with van der Waals surface area (Å²) in [6.45, 7) is 0. The highest BCUT2D eigenvalue weighted by atomic mass is 79.9. The van der Waals surface area contributed by atoms with E-state index in [2.05, 4.69) is 21.2 Å². The van der Waals surface area contributed by atoms with Gasteiger partial charge in [-0.1, -0.05) is 28.1 Å². The van der Waals surface area contributed by atoms with Crippen molar-refractivity contribution in [2.45, 2.75) is 25.3 Å². The summed E-state index contributed by atoms with van der Waals surface area (Å²) in [4.78, 5) is 33.4. The Hall–Kier alpha value is -1.89. The molecule has 0 fully saturated rings. The first kappa shape index (κ1) is 16.2. The van der Waals surface area contributed by atoms with Crippen molar-refractivity contribution in [2.24, 2.45) is 5.73 Å². The van der Waals surface area contributed by atoms with Gasteiger partial charge in [-0.15, -0.1) is 0 Å². The number of carboxylic acids is 1. The van der Waals surface area contributed by atoms with Crippen LogP contribution in [0.25, 0.3) is 0 Å². The number of rotatable bonds is 7. The molecule has 0 heterocycles. The van der Waals surface area contributed by atoms with Crippen LogP contribution in [0.2, 0.25) is 0 Å². The second-order valence-electron chi connectivity index (χ2n) is 4.27. The standard InChI is InChI=1S/C13H15BrN2O4/c14-9-3-1-8(2-4-9)7-12(18)16-10(13(19)20)5-6-11(15)17/h1-4,10H,5-7H2,(H2,15,17)(H,16,18)(H,19,20)/t10-/m1/s1. The quantitative estimate of drug-likeness (QED) is 0.681. The first-order valence-corrected chi connectivity index (χ1v) is 6.72. The molecule has 0 aliphatic carbocycles. The lowest BCUT2D eigenvalue weighted by Crippen LogP contribution is -2.42. The molecular formula is C13H15BrN2O4. The molecule has 1 rings (SSSR count). The molecule has 0 saturated carbocycles. The number of hydrogen-bond donors (Lipinski definition) is 3. The molecule has 0 unspecified atom stereocenters. The molecule has 0 aliphatic rings. The Kier molecular flexibility index (Phi) is 6.17. The van der Waals surface area contributed by atoms with Crippen LogP contribution in [0.3, 0.4) is 0 Å². The van der Waals surface area contributed by atoms with Crippen molar-refractivity contribution in [3.05, 3.63) is 34.3 Å². The van der Waals surface area contributed by atoms with Gasteiger partial charge >= 0.3 is 5.97 Å². The predicted molar refractivity (Wildman–Crippen MR) is 75.8 cm³/mol. The lowest BCUT2D eigenvalue weighted by Gasteiger charge is -2.13. The number of carbonyl (C=O) groups excluding carboxylic acids is 2. The maximum Gasteiger partial charge on any atom is 0.326 e. The number of benzene rings is 1. The van der Waals surface area contributed by atoms with Crippen molar-refractivity contribution in [2.75, 3.05) is 0 Å². The summed E-state index contributed by atoms with van der Waals surface area (Å²) >= 11 is 3.28. The average molecular weight is 343 g/mol. The van der Waals surface area contributed by atoms with E-state index in [1.165, 1.54) is 0 Å². The van der Waals surface area contributed by atoms with Crippen molar-refractivity contribution in [3.8, 4) is 0 Å². The minimum atomic E-state index is -1.18. The van der Waals surface area contributed by atoms with Gasteiger partial charge in [-0.2, -0.15) is 0 Å². The van der Waals surface area contributed by atoms with E-state index >= 15 is 0 Å². The van der Waals surface area contributed by atoms with Crippen molar-refractivity contribution < 1.29 is 19.5 Å². The van der Waals surface area contributed by atoms with Gasteiger partial charge in [0, 0.05) is 10.9 Å². The number of carboxylic acid groups (broad SMARTS) is 1. The van der Waals surface area contributed by atoms with Crippen LogP contribution in [0.4, 0.5) is 0 Å². The normalized spacial score (nSPS) is 11.7. The van der Waals surface area contributed by atoms with Crippen molar-refractivity contribution in [3.63, 3.8) is 0 Å². The maximum atomic E-state index is 11.8. The zero-order valence-corrected chi connectivity index (χ0v) is 12.2. The fourth-order valence-electron chi connectivity index (χ4n) is 1.58. The molecule has 0 radical (unpaired) electrons. The summed E-state index contributed by atoms with van der Waals surface area (Å²) in [5, 5.41) is 11.3. The molecule has 0 aliphatic heterocycles. The van der Waals surface area contributed by atoms with Gasteiger partial charge in [0.15, 0.2) is 0 Å². The van der Waals surface area contributed by atoms with E-state index in [0.29, 0.717) is 0 Å². The number of amides is 2. The molecule has 0 aromatic heterocycles. The highest BCUT2D eigenvalue weighted by Gasteiger charge is 2.20. The number of aliphatic carboxylic acids is 1. The van der Waals surface area contributed by atoms with E-state index < -0.39 is 23.8 Å². The molecule has 7 heteroatoms. The molecular weight excluding hydrogens is 328 g/mol. The summed E-state index contributed by atoms with van der Waals surface area (Å²) in [6, 6.07) is 6.02. The zero-order chi connectivity index (χ0) is 15.1.